The Morgan fingerprint density at radius 2 is 1.75 bits per heavy atom. The summed E-state index contributed by atoms with van der Waals surface area (Å²) >= 11 is 0. The summed E-state index contributed by atoms with van der Waals surface area (Å²) < 4.78 is 0. The number of benzene rings is 1. The maximum Gasteiger partial charge on any atom is 0.0970 e. The summed E-state index contributed by atoms with van der Waals surface area (Å²) in [5.41, 5.74) is 2.20. The number of hydrogen-bond acceptors (Lipinski definition) is 1. The predicted octanol–water partition coefficient (Wildman–Crippen LogP) is 2.55. The Balaban J connectivity index is 2.46. The van der Waals surface area contributed by atoms with Crippen LogP contribution < -0.4 is 0 Å². The molecular weight excluding hydrogens is 146 g/mol. The lowest BCUT2D eigenvalue weighted by Crippen LogP contribution is -1.77. The quantitative estimate of drug-likeness (QED) is 0.615. The van der Waals surface area contributed by atoms with Gasteiger partial charge in [-0.15, -0.1) is 0 Å². The van der Waals surface area contributed by atoms with Gasteiger partial charge in [0.05, 0.1) is 6.20 Å². The molecule has 1 heterocycles. The first kappa shape index (κ1) is 7.04. The zero-order valence-corrected chi connectivity index (χ0v) is 6.57. The molecule has 0 atom stereocenters. The van der Waals surface area contributed by atoms with Crippen LogP contribution in [0.5, 0.6) is 0 Å². The highest BCUT2D eigenvalue weighted by atomic mass is 14.6. The molecule has 1 heteroatoms. The van der Waals surface area contributed by atoms with E-state index < -0.39 is 0 Å². The fourth-order valence-corrected chi connectivity index (χ4v) is 1.10. The van der Waals surface area contributed by atoms with Gasteiger partial charge in [-0.1, -0.05) is 36.4 Å². The van der Waals surface area contributed by atoms with Crippen molar-refractivity contribution in [1.82, 2.24) is 4.98 Å². The van der Waals surface area contributed by atoms with Gasteiger partial charge in [0.15, 0.2) is 0 Å². The van der Waals surface area contributed by atoms with E-state index in [2.05, 4.69) is 11.2 Å². The normalized spacial score (nSPS) is 9.67. The van der Waals surface area contributed by atoms with Crippen LogP contribution in [0.3, 0.4) is 0 Å². The Morgan fingerprint density at radius 1 is 0.917 bits per heavy atom. The minimum atomic E-state index is 1.04. The number of hydrogen-bond donors (Lipinski definition) is 0. The number of rotatable bonds is 1. The lowest BCUT2D eigenvalue weighted by atomic mass is 10.1. The van der Waals surface area contributed by atoms with Gasteiger partial charge in [-0.2, -0.15) is 0 Å². The molecule has 0 fully saturated rings. The first-order valence-corrected chi connectivity index (χ1v) is 3.85. The fourth-order valence-electron chi connectivity index (χ4n) is 1.10. The van der Waals surface area contributed by atoms with Gasteiger partial charge in [0, 0.05) is 11.8 Å². The minimum absolute atomic E-state index is 1.04. The van der Waals surface area contributed by atoms with E-state index in [9.17, 15) is 0 Å². The van der Waals surface area contributed by atoms with Gasteiger partial charge < -0.3 is 0 Å². The molecule has 1 aromatic heterocycles. The predicted molar refractivity (Wildman–Crippen MR) is 48.5 cm³/mol. The Labute approximate surface area is 71.7 Å². The van der Waals surface area contributed by atoms with E-state index in [1.807, 2.05) is 42.5 Å². The SMILES string of the molecule is [c]1ncccc1-c1ccccc1. The summed E-state index contributed by atoms with van der Waals surface area (Å²) in [6, 6.07) is 14.0. The van der Waals surface area contributed by atoms with Gasteiger partial charge in [0.2, 0.25) is 0 Å². The second-order valence-corrected chi connectivity index (χ2v) is 2.53. The zero-order valence-electron chi connectivity index (χ0n) is 6.57. The standard InChI is InChI=1S/C11H8N/c1-2-5-10(6-3-1)11-7-4-8-12-9-11/h1-8H. The molecule has 0 saturated carbocycles. The molecule has 0 aliphatic carbocycles. The smallest absolute Gasteiger partial charge is 0.0970 e. The zero-order chi connectivity index (χ0) is 8.23. The Morgan fingerprint density at radius 3 is 2.42 bits per heavy atom. The van der Waals surface area contributed by atoms with Crippen LogP contribution in [0.2, 0.25) is 0 Å². The van der Waals surface area contributed by atoms with Crippen molar-refractivity contribution in [2.45, 2.75) is 0 Å². The third kappa shape index (κ3) is 1.35. The first-order valence-electron chi connectivity index (χ1n) is 3.85. The van der Waals surface area contributed by atoms with Gasteiger partial charge in [-0.25, -0.2) is 0 Å². The first-order chi connectivity index (χ1) is 5.97. The molecule has 0 saturated heterocycles. The van der Waals surface area contributed by atoms with Crippen LogP contribution in [0.25, 0.3) is 11.1 Å². The largest absolute Gasteiger partial charge is 0.254 e. The van der Waals surface area contributed by atoms with Crippen LogP contribution in [0.1, 0.15) is 0 Å². The second-order valence-electron chi connectivity index (χ2n) is 2.53. The molecule has 0 unspecified atom stereocenters. The van der Waals surface area contributed by atoms with Crippen molar-refractivity contribution in [3.8, 4) is 11.1 Å². The third-order valence-corrected chi connectivity index (χ3v) is 1.69. The van der Waals surface area contributed by atoms with Gasteiger partial charge in [-0.3, -0.25) is 4.98 Å². The molecule has 2 aromatic rings. The van der Waals surface area contributed by atoms with E-state index in [0.29, 0.717) is 0 Å². The fraction of sp³-hybridized carbons (Fsp3) is 0. The molecule has 0 spiro atoms. The van der Waals surface area contributed by atoms with Crippen LogP contribution in [-0.2, 0) is 0 Å². The monoisotopic (exact) mass is 154 g/mol. The molecule has 0 amide bonds. The average Bonchev–Trinajstić information content (AvgIpc) is 2.21. The van der Waals surface area contributed by atoms with E-state index >= 15 is 0 Å². The number of nitrogens with zero attached hydrogens (tertiary/aromatic N) is 1. The van der Waals surface area contributed by atoms with Crippen molar-refractivity contribution < 1.29 is 0 Å². The summed E-state index contributed by atoms with van der Waals surface area (Å²) in [5.74, 6) is 0. The molecular formula is C11H8N. The summed E-state index contributed by atoms with van der Waals surface area (Å²) in [5, 5.41) is 0. The van der Waals surface area contributed by atoms with Crippen molar-refractivity contribution >= 4 is 0 Å². The van der Waals surface area contributed by atoms with Crippen LogP contribution >= 0.6 is 0 Å². The molecule has 0 bridgehead atoms. The summed E-state index contributed by atoms with van der Waals surface area (Å²) in [4.78, 5) is 3.94. The molecule has 1 aromatic carbocycles. The summed E-state index contributed by atoms with van der Waals surface area (Å²) in [6.45, 7) is 0. The van der Waals surface area contributed by atoms with E-state index in [4.69, 9.17) is 0 Å². The van der Waals surface area contributed by atoms with Gasteiger partial charge in [-0.05, 0) is 11.6 Å². The van der Waals surface area contributed by atoms with Crippen molar-refractivity contribution in [3.05, 3.63) is 54.9 Å². The lowest BCUT2D eigenvalue weighted by Gasteiger charge is -1.97. The van der Waals surface area contributed by atoms with Crippen molar-refractivity contribution in [3.63, 3.8) is 0 Å². The molecule has 57 valence electrons. The molecule has 1 radical (unpaired) electrons. The Bertz CT molecular complexity index is 302. The Hall–Kier alpha value is -1.63. The average molecular weight is 154 g/mol. The topological polar surface area (TPSA) is 12.9 Å². The summed E-state index contributed by atoms with van der Waals surface area (Å²) in [7, 11) is 0. The van der Waals surface area contributed by atoms with Gasteiger partial charge in [0.1, 0.15) is 0 Å². The number of pyridine rings is 1. The molecule has 1 nitrogen and oxygen atoms in total. The maximum atomic E-state index is 3.94. The van der Waals surface area contributed by atoms with Crippen LogP contribution in [-0.4, -0.2) is 4.98 Å². The van der Waals surface area contributed by atoms with Crippen LogP contribution in [0.15, 0.2) is 48.7 Å². The molecule has 0 aliphatic rings. The van der Waals surface area contributed by atoms with E-state index in [0.717, 1.165) is 11.1 Å². The van der Waals surface area contributed by atoms with E-state index in [-0.39, 0.29) is 0 Å². The van der Waals surface area contributed by atoms with Crippen LogP contribution in [0, 0.1) is 6.20 Å². The molecule has 2 rings (SSSR count). The van der Waals surface area contributed by atoms with Crippen molar-refractivity contribution in [2.24, 2.45) is 0 Å². The molecule has 0 aliphatic heterocycles. The van der Waals surface area contributed by atoms with Crippen LogP contribution in [0.4, 0.5) is 0 Å². The van der Waals surface area contributed by atoms with E-state index in [1.54, 1.807) is 6.20 Å². The minimum Gasteiger partial charge on any atom is -0.254 e. The Kier molecular flexibility index (Phi) is 1.87. The maximum absolute atomic E-state index is 3.94. The summed E-state index contributed by atoms with van der Waals surface area (Å²) in [6.07, 6.45) is 4.66. The highest BCUT2D eigenvalue weighted by Gasteiger charge is 1.93. The van der Waals surface area contributed by atoms with Gasteiger partial charge >= 0.3 is 0 Å². The number of aromatic nitrogens is 1. The van der Waals surface area contributed by atoms with E-state index in [1.165, 1.54) is 0 Å². The lowest BCUT2D eigenvalue weighted by molar-refractivity contribution is 1.31. The molecule has 0 N–H and O–H groups in total. The van der Waals surface area contributed by atoms with Crippen molar-refractivity contribution in [2.75, 3.05) is 0 Å². The van der Waals surface area contributed by atoms with Gasteiger partial charge in [0.25, 0.3) is 0 Å². The highest BCUT2D eigenvalue weighted by Crippen LogP contribution is 2.15. The second kappa shape index (κ2) is 3.18. The third-order valence-electron chi connectivity index (χ3n) is 1.69. The van der Waals surface area contributed by atoms with Crippen molar-refractivity contribution in [1.29, 1.82) is 0 Å². The highest BCUT2D eigenvalue weighted by molar-refractivity contribution is 5.61. The molecule has 12 heavy (non-hydrogen) atoms.